The minimum Gasteiger partial charge on any atom is -0.657 e. The van der Waals surface area contributed by atoms with Crippen LogP contribution in [0.2, 0.25) is 0 Å². The van der Waals surface area contributed by atoms with E-state index in [-0.39, 0.29) is 16.5 Å². The van der Waals surface area contributed by atoms with E-state index in [9.17, 15) is 10.2 Å². The van der Waals surface area contributed by atoms with Crippen molar-refractivity contribution in [3.05, 3.63) is 94.6 Å². The van der Waals surface area contributed by atoms with E-state index in [4.69, 9.17) is 19.9 Å². The third-order valence-electron chi connectivity index (χ3n) is 8.91. The van der Waals surface area contributed by atoms with Crippen LogP contribution in [0.25, 0.3) is 46.4 Å². The molecular formula is C40H48N4NiO2. The molecule has 0 radical (unpaired) electrons. The van der Waals surface area contributed by atoms with Crippen molar-refractivity contribution in [3.8, 4) is 0 Å². The molecule has 0 saturated carbocycles. The van der Waals surface area contributed by atoms with Crippen LogP contribution in [-0.4, -0.2) is 20.2 Å². The molecule has 0 saturated heterocycles. The molecule has 3 aromatic rings. The molecule has 0 spiro atoms. The van der Waals surface area contributed by atoms with Gasteiger partial charge in [0.25, 0.3) is 0 Å². The molecule has 2 unspecified atom stereocenters. The standard InChI is InChI=1S/C40H48N4O2.Ni/c1-5-9-11-13-17-27-29-19-23-33(41-29)39(37(45)15-7-3)35-25-21-31(43-35)28(18-14-12-10-6-2)32-22-26-36(44-32)40(38(46)16-8-4)34-24-20-30(27)42-34;/h7-8,19-26,37-38,45-46H,3-6,9-18H2,1-2H3;/q-2;+2. The Bertz CT molecular complexity index is 1650. The van der Waals surface area contributed by atoms with Crippen molar-refractivity contribution in [2.24, 2.45) is 0 Å². The second-order valence-electron chi connectivity index (χ2n) is 12.3. The molecule has 2 aliphatic heterocycles. The van der Waals surface area contributed by atoms with Crippen LogP contribution in [0, 0.1) is 0 Å². The van der Waals surface area contributed by atoms with Crippen LogP contribution in [-0.2, 0) is 29.3 Å². The number of rotatable bonds is 16. The zero-order chi connectivity index (χ0) is 32.5. The van der Waals surface area contributed by atoms with E-state index >= 15 is 0 Å². The summed E-state index contributed by atoms with van der Waals surface area (Å²) < 4.78 is 0. The summed E-state index contributed by atoms with van der Waals surface area (Å²) in [5, 5.41) is 22.8. The molecule has 6 nitrogen and oxygen atoms in total. The van der Waals surface area contributed by atoms with Crippen molar-refractivity contribution in [2.45, 2.75) is 103 Å². The predicted molar refractivity (Wildman–Crippen MR) is 192 cm³/mol. The van der Waals surface area contributed by atoms with Gasteiger partial charge in [-0.2, -0.15) is 0 Å². The van der Waals surface area contributed by atoms with E-state index < -0.39 is 12.2 Å². The monoisotopic (exact) mass is 674 g/mol. The molecule has 3 aromatic heterocycles. The van der Waals surface area contributed by atoms with E-state index in [0.717, 1.165) is 84.9 Å². The number of aliphatic hydroxyl groups is 2. The Hall–Kier alpha value is -3.51. The molecule has 47 heavy (non-hydrogen) atoms. The van der Waals surface area contributed by atoms with Gasteiger partial charge in [0, 0.05) is 5.56 Å². The molecule has 0 aliphatic carbocycles. The van der Waals surface area contributed by atoms with Gasteiger partial charge in [-0.1, -0.05) is 88.8 Å². The summed E-state index contributed by atoms with van der Waals surface area (Å²) in [7, 11) is 0. The van der Waals surface area contributed by atoms with Crippen molar-refractivity contribution in [1.82, 2.24) is 19.9 Å². The SMILES string of the molecule is C=CCC(O)c1c2nc(c(CCCCCC)c3ccc([n-]3)c(C(O)CC=C)c3ccc([n-]3)c(CCCCCC)c3nc1C=C3)C=C2.[Ni+2]. The number of fused-ring (bicyclic) bond motifs is 8. The first-order chi connectivity index (χ1) is 22.5. The predicted octanol–water partition coefficient (Wildman–Crippen LogP) is 9.38. The van der Waals surface area contributed by atoms with Crippen LogP contribution in [0.1, 0.15) is 135 Å². The fraction of sp³-hybridized carbons (Fsp3) is 0.400. The Balaban J connectivity index is 0.00000500. The third kappa shape index (κ3) is 8.51. The minimum absolute atomic E-state index is 0. The summed E-state index contributed by atoms with van der Waals surface area (Å²) in [5.41, 5.74) is 9.79. The summed E-state index contributed by atoms with van der Waals surface area (Å²) >= 11 is 0. The molecule has 0 aromatic carbocycles. The van der Waals surface area contributed by atoms with Crippen molar-refractivity contribution in [3.63, 3.8) is 0 Å². The van der Waals surface area contributed by atoms with Gasteiger partial charge in [0.15, 0.2) is 0 Å². The quantitative estimate of drug-likeness (QED) is 0.0615. The first-order valence-electron chi connectivity index (χ1n) is 17.1. The van der Waals surface area contributed by atoms with Crippen LogP contribution in [0.4, 0.5) is 0 Å². The third-order valence-corrected chi connectivity index (χ3v) is 8.91. The number of aromatic nitrogens is 4. The summed E-state index contributed by atoms with van der Waals surface area (Å²) in [5.74, 6) is 0. The van der Waals surface area contributed by atoms with Gasteiger partial charge >= 0.3 is 16.5 Å². The maximum Gasteiger partial charge on any atom is 2.00 e. The molecule has 2 N–H and O–H groups in total. The Labute approximate surface area is 289 Å². The molecule has 2 atom stereocenters. The molecule has 0 fully saturated rings. The van der Waals surface area contributed by atoms with Crippen molar-refractivity contribution >= 4 is 46.4 Å². The molecule has 5 rings (SSSR count). The van der Waals surface area contributed by atoms with Gasteiger partial charge in [-0.05, 0) is 79.5 Å². The summed E-state index contributed by atoms with van der Waals surface area (Å²) in [6.45, 7) is 12.2. The average molecular weight is 676 g/mol. The van der Waals surface area contributed by atoms with E-state index in [1.807, 2.05) is 48.6 Å². The van der Waals surface area contributed by atoms with Gasteiger partial charge < -0.3 is 20.2 Å². The van der Waals surface area contributed by atoms with Crippen LogP contribution < -0.4 is 9.97 Å². The minimum atomic E-state index is -0.793. The van der Waals surface area contributed by atoms with Gasteiger partial charge in [-0.15, -0.1) is 35.2 Å². The second-order valence-corrected chi connectivity index (χ2v) is 12.3. The van der Waals surface area contributed by atoms with Crippen molar-refractivity contribution < 1.29 is 26.7 Å². The number of hydrogen-bond donors (Lipinski definition) is 2. The zero-order valence-electron chi connectivity index (χ0n) is 27.8. The summed E-state index contributed by atoms with van der Waals surface area (Å²) in [6.07, 6.45) is 21.4. The largest absolute Gasteiger partial charge is 2.00 e. The molecule has 5 heterocycles. The number of unbranched alkanes of at least 4 members (excludes halogenated alkanes) is 6. The van der Waals surface area contributed by atoms with Gasteiger partial charge in [0.1, 0.15) is 0 Å². The number of aryl methyl sites for hydroxylation is 2. The summed E-state index contributed by atoms with van der Waals surface area (Å²) in [4.78, 5) is 20.5. The van der Waals surface area contributed by atoms with Crippen LogP contribution in [0.15, 0.2) is 49.6 Å². The van der Waals surface area contributed by atoms with E-state index in [0.29, 0.717) is 46.4 Å². The Kier molecular flexibility index (Phi) is 13.6. The maximum atomic E-state index is 11.4. The fourth-order valence-corrected chi connectivity index (χ4v) is 6.45. The molecule has 0 amide bonds. The maximum absolute atomic E-state index is 11.4. The Morgan fingerprint density at radius 1 is 0.596 bits per heavy atom. The molecule has 2 aliphatic rings. The van der Waals surface area contributed by atoms with Crippen molar-refractivity contribution in [2.75, 3.05) is 0 Å². The fourth-order valence-electron chi connectivity index (χ4n) is 6.45. The van der Waals surface area contributed by atoms with Crippen LogP contribution >= 0.6 is 0 Å². The van der Waals surface area contributed by atoms with Gasteiger partial charge in [0.05, 0.1) is 35.0 Å². The van der Waals surface area contributed by atoms with Crippen LogP contribution in [0.5, 0.6) is 0 Å². The smallest absolute Gasteiger partial charge is 0.657 e. The van der Waals surface area contributed by atoms with Gasteiger partial charge in [0.2, 0.25) is 0 Å². The van der Waals surface area contributed by atoms with Crippen molar-refractivity contribution in [1.29, 1.82) is 0 Å². The van der Waals surface area contributed by atoms with E-state index in [2.05, 4.69) is 27.0 Å². The molecular weight excluding hydrogens is 627 g/mol. The zero-order valence-corrected chi connectivity index (χ0v) is 28.8. The molecule has 250 valence electrons. The number of hydrogen-bond acceptors (Lipinski definition) is 4. The van der Waals surface area contributed by atoms with Gasteiger partial charge in [-0.25, -0.2) is 9.97 Å². The topological polar surface area (TPSA) is 94.4 Å². The second kappa shape index (κ2) is 17.6. The Morgan fingerprint density at radius 3 is 1.43 bits per heavy atom. The average Bonchev–Trinajstić information content (AvgIpc) is 3.87. The summed E-state index contributed by atoms with van der Waals surface area (Å²) in [6, 6.07) is 8.05. The number of aliphatic hydroxyl groups excluding tert-OH is 2. The Morgan fingerprint density at radius 2 is 1.00 bits per heavy atom. The van der Waals surface area contributed by atoms with Gasteiger partial charge in [-0.3, -0.25) is 0 Å². The molecule has 8 bridgehead atoms. The van der Waals surface area contributed by atoms with E-state index in [1.54, 1.807) is 12.2 Å². The molecule has 7 heteroatoms. The normalized spacial score (nSPS) is 13.4. The van der Waals surface area contributed by atoms with E-state index in [1.165, 1.54) is 12.8 Å². The first kappa shape index (κ1) is 36.3. The van der Waals surface area contributed by atoms with Crippen LogP contribution in [0.3, 0.4) is 0 Å². The number of nitrogens with zero attached hydrogens (tertiary/aromatic N) is 4. The first-order valence-corrected chi connectivity index (χ1v) is 17.1.